The van der Waals surface area contributed by atoms with Crippen LogP contribution in [0.15, 0.2) is 0 Å². The second kappa shape index (κ2) is 9.86. The second-order valence-corrected chi connectivity index (χ2v) is 4.97. The third-order valence-corrected chi connectivity index (χ3v) is 3.28. The lowest BCUT2D eigenvalue weighted by atomic mass is 10.1. The highest BCUT2D eigenvalue weighted by molar-refractivity contribution is 4.56. The Morgan fingerprint density at radius 1 is 0.941 bits per heavy atom. The highest BCUT2D eigenvalue weighted by Gasteiger charge is 2.22. The van der Waals surface area contributed by atoms with Crippen molar-refractivity contribution in [3.63, 3.8) is 0 Å². The summed E-state index contributed by atoms with van der Waals surface area (Å²) in [4.78, 5) is 0. The van der Waals surface area contributed by atoms with E-state index in [2.05, 4.69) is 6.92 Å². The molecule has 3 nitrogen and oxygen atoms in total. The molecule has 1 aliphatic rings. The van der Waals surface area contributed by atoms with Crippen LogP contribution in [-0.2, 0) is 9.47 Å². The van der Waals surface area contributed by atoms with E-state index in [9.17, 15) is 0 Å². The van der Waals surface area contributed by atoms with Crippen LogP contribution in [0.4, 0.5) is 0 Å². The zero-order valence-electron chi connectivity index (χ0n) is 11.2. The van der Waals surface area contributed by atoms with Gasteiger partial charge in [-0.2, -0.15) is 0 Å². The molecule has 17 heavy (non-hydrogen) atoms. The molecule has 0 saturated carbocycles. The summed E-state index contributed by atoms with van der Waals surface area (Å²) in [7, 11) is 0. The Bertz CT molecular complexity index is 173. The highest BCUT2D eigenvalue weighted by Crippen LogP contribution is 2.17. The van der Waals surface area contributed by atoms with E-state index >= 15 is 0 Å². The number of rotatable bonds is 10. The van der Waals surface area contributed by atoms with Gasteiger partial charge in [-0.25, -0.2) is 0 Å². The molecule has 3 heteroatoms. The van der Waals surface area contributed by atoms with E-state index in [1.807, 2.05) is 0 Å². The van der Waals surface area contributed by atoms with Gasteiger partial charge in [0.05, 0.1) is 0 Å². The maximum Gasteiger partial charge on any atom is 0.181 e. The minimum atomic E-state index is -0.696. The Morgan fingerprint density at radius 3 is 2.06 bits per heavy atom. The molecule has 0 amide bonds. The summed E-state index contributed by atoms with van der Waals surface area (Å²) in [6.45, 7) is 2.59. The molecule has 1 aliphatic heterocycles. The normalized spacial score (nSPS) is 24.4. The number of aliphatic hydroxyl groups excluding tert-OH is 1. The quantitative estimate of drug-likeness (QED) is 0.597. The van der Waals surface area contributed by atoms with Crippen molar-refractivity contribution in [3.05, 3.63) is 0 Å². The van der Waals surface area contributed by atoms with Crippen LogP contribution in [0.1, 0.15) is 71.1 Å². The molecule has 1 N–H and O–H groups in total. The second-order valence-electron chi connectivity index (χ2n) is 4.97. The predicted molar refractivity (Wildman–Crippen MR) is 68.7 cm³/mol. The zero-order valence-corrected chi connectivity index (χ0v) is 11.2. The maximum atomic E-state index is 9.10. The zero-order chi connectivity index (χ0) is 12.3. The van der Waals surface area contributed by atoms with E-state index in [0.29, 0.717) is 6.61 Å². The number of ether oxygens (including phenoxy) is 2. The minimum Gasteiger partial charge on any atom is -0.366 e. The molecule has 0 unspecified atom stereocenters. The van der Waals surface area contributed by atoms with Gasteiger partial charge >= 0.3 is 0 Å². The first kappa shape index (κ1) is 14.9. The van der Waals surface area contributed by atoms with Crippen LogP contribution in [-0.4, -0.2) is 24.3 Å². The lowest BCUT2D eigenvalue weighted by Crippen LogP contribution is -2.10. The summed E-state index contributed by atoms with van der Waals surface area (Å²) in [5.41, 5.74) is 0. The molecule has 0 bridgehead atoms. The van der Waals surface area contributed by atoms with Crippen LogP contribution in [0.5, 0.6) is 0 Å². The van der Waals surface area contributed by atoms with Crippen molar-refractivity contribution >= 4 is 0 Å². The lowest BCUT2D eigenvalue weighted by Gasteiger charge is -2.08. The third kappa shape index (κ3) is 7.74. The fourth-order valence-electron chi connectivity index (χ4n) is 2.22. The van der Waals surface area contributed by atoms with Crippen LogP contribution in [0.2, 0.25) is 0 Å². The van der Waals surface area contributed by atoms with Crippen molar-refractivity contribution < 1.29 is 14.6 Å². The molecule has 0 aromatic carbocycles. The smallest absolute Gasteiger partial charge is 0.181 e. The van der Waals surface area contributed by atoms with E-state index in [-0.39, 0.29) is 6.29 Å². The molecule has 1 fully saturated rings. The predicted octanol–water partition coefficient (Wildman–Crippen LogP) is 3.60. The van der Waals surface area contributed by atoms with E-state index in [1.165, 1.54) is 51.4 Å². The summed E-state index contributed by atoms with van der Waals surface area (Å²) in [5.74, 6) is 0. The van der Waals surface area contributed by atoms with Gasteiger partial charge in [0.25, 0.3) is 0 Å². The number of unbranched alkanes of at least 4 members (excludes halogenated alkanes) is 8. The van der Waals surface area contributed by atoms with Gasteiger partial charge < -0.3 is 14.6 Å². The maximum absolute atomic E-state index is 9.10. The topological polar surface area (TPSA) is 38.7 Å². The first-order chi connectivity index (χ1) is 8.33. The molecule has 0 aliphatic carbocycles. The summed E-state index contributed by atoms with van der Waals surface area (Å²) in [6, 6.07) is 0. The van der Waals surface area contributed by atoms with Gasteiger partial charge in [0.15, 0.2) is 12.6 Å². The Hall–Kier alpha value is -0.120. The average Bonchev–Trinajstić information content (AvgIpc) is 2.73. The van der Waals surface area contributed by atoms with Gasteiger partial charge in [-0.3, -0.25) is 0 Å². The minimum absolute atomic E-state index is 0.158. The standard InChI is InChI=1S/C14H28O3/c1-2-3-4-5-6-7-8-9-10-11-14-16-12-13(15)17-14/h13-15H,2-12H2,1H3/t13-,14-/m1/s1. The van der Waals surface area contributed by atoms with Gasteiger partial charge in [0.2, 0.25) is 0 Å². The number of hydrogen-bond donors (Lipinski definition) is 1. The van der Waals surface area contributed by atoms with Crippen molar-refractivity contribution in [2.45, 2.75) is 83.7 Å². The summed E-state index contributed by atoms with van der Waals surface area (Å²) in [6.07, 6.45) is 12.0. The molecule has 1 saturated heterocycles. The highest BCUT2D eigenvalue weighted by atomic mass is 16.8. The van der Waals surface area contributed by atoms with Crippen LogP contribution >= 0.6 is 0 Å². The van der Waals surface area contributed by atoms with Crippen LogP contribution in [0.3, 0.4) is 0 Å². The molecule has 1 heterocycles. The van der Waals surface area contributed by atoms with Crippen molar-refractivity contribution in [2.24, 2.45) is 0 Å². The molecule has 0 aromatic heterocycles. The summed E-state index contributed by atoms with van der Waals surface area (Å²) >= 11 is 0. The van der Waals surface area contributed by atoms with E-state index in [0.717, 1.165) is 12.8 Å². The van der Waals surface area contributed by atoms with E-state index < -0.39 is 6.29 Å². The molecule has 1 rings (SSSR count). The van der Waals surface area contributed by atoms with Crippen molar-refractivity contribution in [2.75, 3.05) is 6.61 Å². The van der Waals surface area contributed by atoms with Crippen LogP contribution < -0.4 is 0 Å². The molecule has 102 valence electrons. The SMILES string of the molecule is CCCCCCCCCCC[C@@H]1OC[C@H](O)O1. The fraction of sp³-hybridized carbons (Fsp3) is 1.00. The molecular weight excluding hydrogens is 216 g/mol. The molecular formula is C14H28O3. The van der Waals surface area contributed by atoms with E-state index in [4.69, 9.17) is 14.6 Å². The fourth-order valence-corrected chi connectivity index (χ4v) is 2.22. The summed E-state index contributed by atoms with van der Waals surface area (Å²) < 4.78 is 10.4. The van der Waals surface area contributed by atoms with Crippen LogP contribution in [0, 0.1) is 0 Å². The first-order valence-electron chi connectivity index (χ1n) is 7.28. The van der Waals surface area contributed by atoms with Gasteiger partial charge in [-0.1, -0.05) is 58.3 Å². The van der Waals surface area contributed by atoms with Crippen LogP contribution in [0.25, 0.3) is 0 Å². The van der Waals surface area contributed by atoms with Gasteiger partial charge in [-0.05, 0) is 12.8 Å². The molecule has 0 radical (unpaired) electrons. The van der Waals surface area contributed by atoms with E-state index in [1.54, 1.807) is 0 Å². The molecule has 2 atom stereocenters. The Kier molecular flexibility index (Phi) is 8.67. The van der Waals surface area contributed by atoms with Gasteiger partial charge in [0, 0.05) is 0 Å². The Morgan fingerprint density at radius 2 is 1.53 bits per heavy atom. The Labute approximate surface area is 105 Å². The van der Waals surface area contributed by atoms with Crippen molar-refractivity contribution in [3.8, 4) is 0 Å². The largest absolute Gasteiger partial charge is 0.366 e. The van der Waals surface area contributed by atoms with Crippen molar-refractivity contribution in [1.82, 2.24) is 0 Å². The number of hydrogen-bond acceptors (Lipinski definition) is 3. The summed E-state index contributed by atoms with van der Waals surface area (Å²) in [5, 5.41) is 9.10. The average molecular weight is 244 g/mol. The first-order valence-corrected chi connectivity index (χ1v) is 7.28. The van der Waals surface area contributed by atoms with Gasteiger partial charge in [0.1, 0.15) is 6.61 Å². The number of aliphatic hydroxyl groups is 1. The molecule has 0 spiro atoms. The lowest BCUT2D eigenvalue weighted by molar-refractivity contribution is -0.117. The van der Waals surface area contributed by atoms with Crippen molar-refractivity contribution in [1.29, 1.82) is 0 Å². The third-order valence-electron chi connectivity index (χ3n) is 3.28. The Balaban J connectivity index is 1.75. The monoisotopic (exact) mass is 244 g/mol. The molecule has 0 aromatic rings. The van der Waals surface area contributed by atoms with Gasteiger partial charge in [-0.15, -0.1) is 0 Å².